The Bertz CT molecular complexity index is 640. The molecule has 0 aliphatic carbocycles. The largest absolute Gasteiger partial charge is 0.0654 e. The lowest BCUT2D eigenvalue weighted by atomic mass is 9.74. The van der Waals surface area contributed by atoms with E-state index in [1.165, 1.54) is 225 Å². The molecule has 0 rings (SSSR count). The molecule has 0 heteroatoms. The van der Waals surface area contributed by atoms with Crippen molar-refractivity contribution in [3.63, 3.8) is 0 Å². The third-order valence-corrected chi connectivity index (χ3v) is 12.2. The van der Waals surface area contributed by atoms with Gasteiger partial charge in [0, 0.05) is 0 Å². The van der Waals surface area contributed by atoms with Crippen LogP contribution in [0.15, 0.2) is 0 Å². The molecule has 0 aromatic heterocycles. The van der Waals surface area contributed by atoms with Gasteiger partial charge in [0.15, 0.2) is 0 Å². The van der Waals surface area contributed by atoms with E-state index in [1.54, 1.807) is 0 Å². The molecular weight excluding hydrogens is 697 g/mol. The smallest absolute Gasteiger partial charge is 0.0352 e. The predicted molar refractivity (Wildman–Crippen MR) is 278 cm³/mol. The highest BCUT2D eigenvalue weighted by Crippen LogP contribution is 2.37. The predicted octanol–water partition coefficient (Wildman–Crippen LogP) is 23.1. The van der Waals surface area contributed by atoms with Crippen LogP contribution < -0.4 is 0 Å². The van der Waals surface area contributed by atoms with E-state index in [1.807, 2.05) is 0 Å². The van der Waals surface area contributed by atoms with Crippen molar-refractivity contribution in [3.05, 3.63) is 0 Å². The van der Waals surface area contributed by atoms with Gasteiger partial charge >= 0.3 is 0 Å². The molecule has 0 atom stereocenters. The monoisotopic (exact) mass is 823 g/mol. The Labute approximate surface area is 376 Å². The maximum Gasteiger partial charge on any atom is -0.0352 e. The highest BCUT2D eigenvalue weighted by Gasteiger charge is 2.24. The van der Waals surface area contributed by atoms with Crippen LogP contribution in [0.5, 0.6) is 0 Å². The first-order valence-corrected chi connectivity index (χ1v) is 27.4. The minimum Gasteiger partial charge on any atom is -0.0654 e. The van der Waals surface area contributed by atoms with Crippen molar-refractivity contribution >= 4 is 0 Å². The Morgan fingerprint density at radius 1 is 0.259 bits per heavy atom. The maximum absolute atomic E-state index is 2.54. The molecule has 0 aromatic rings. The zero-order valence-electron chi connectivity index (χ0n) is 45.4. The lowest BCUT2D eigenvalue weighted by molar-refractivity contribution is 0.207. The summed E-state index contributed by atoms with van der Waals surface area (Å²) in [5.41, 5.74) is 1.57. The van der Waals surface area contributed by atoms with Crippen molar-refractivity contribution in [2.45, 2.75) is 349 Å². The average Bonchev–Trinajstić information content (AvgIpc) is 3.15. The van der Waals surface area contributed by atoms with Crippen LogP contribution in [0.25, 0.3) is 0 Å². The Balaban J connectivity index is -0.000000239. The molecule has 0 N–H and O–H groups in total. The Hall–Kier alpha value is 0. The van der Waals surface area contributed by atoms with Crippen LogP contribution in [0.3, 0.4) is 0 Å². The molecule has 0 aliphatic heterocycles. The van der Waals surface area contributed by atoms with E-state index in [4.69, 9.17) is 0 Å². The van der Waals surface area contributed by atoms with Crippen LogP contribution in [0, 0.1) is 28.1 Å². The van der Waals surface area contributed by atoms with Gasteiger partial charge in [-0.15, -0.1) is 0 Å². The zero-order chi connectivity index (χ0) is 45.4. The van der Waals surface area contributed by atoms with E-state index in [-0.39, 0.29) is 0 Å². The number of hydrogen-bond acceptors (Lipinski definition) is 0. The third-order valence-electron chi connectivity index (χ3n) is 12.2. The molecule has 0 amide bonds. The molecule has 0 saturated carbocycles. The molecule has 0 bridgehead atoms. The van der Waals surface area contributed by atoms with E-state index in [9.17, 15) is 0 Å². The molecule has 358 valence electrons. The lowest BCUT2D eigenvalue weighted by Crippen LogP contribution is -2.18. The van der Waals surface area contributed by atoms with Gasteiger partial charge in [0.05, 0.1) is 0 Å². The van der Waals surface area contributed by atoms with Crippen LogP contribution in [-0.2, 0) is 0 Å². The first kappa shape index (κ1) is 67.1. The van der Waals surface area contributed by atoms with Gasteiger partial charge < -0.3 is 0 Å². The number of rotatable bonds is 33. The second kappa shape index (κ2) is 51.4. The molecule has 0 nitrogen and oxygen atoms in total. The molecule has 0 saturated heterocycles. The minimum absolute atomic E-state index is 0.494. The van der Waals surface area contributed by atoms with Gasteiger partial charge in [-0.3, -0.25) is 0 Å². The molecule has 0 fully saturated rings. The Kier molecular flexibility index (Phi) is 59.4. The summed E-state index contributed by atoms with van der Waals surface area (Å²) in [6, 6.07) is 0. The summed E-state index contributed by atoms with van der Waals surface area (Å²) in [5, 5.41) is 0. The molecule has 0 aromatic carbocycles. The normalized spacial score (nSPS) is 11.6. The zero-order valence-corrected chi connectivity index (χ0v) is 45.4. The van der Waals surface area contributed by atoms with E-state index in [2.05, 4.69) is 125 Å². The molecule has 0 unspecified atom stereocenters. The molecule has 0 radical (unpaired) electrons. The minimum atomic E-state index is 0.494. The van der Waals surface area contributed by atoms with Crippen LogP contribution in [0.1, 0.15) is 349 Å². The highest BCUT2D eigenvalue weighted by molar-refractivity contribution is 4.76. The van der Waals surface area contributed by atoms with Crippen molar-refractivity contribution in [1.82, 2.24) is 0 Å². The highest BCUT2D eigenvalue weighted by atomic mass is 14.3. The second-order valence-corrected chi connectivity index (χ2v) is 22.0. The summed E-state index contributed by atoms with van der Waals surface area (Å²) in [5.74, 6) is 1.96. The SMILES string of the molecule is CCC(CC)CC.CCCCC.CCCCCCCC.CCCCCCCC(CCCCCCC)CC(C)(C)CCCC(C)(C)C.CCCCCCCCC(C)(C)C. The first-order chi connectivity index (χ1) is 27.4. The van der Waals surface area contributed by atoms with Crippen molar-refractivity contribution in [2.75, 3.05) is 0 Å². The summed E-state index contributed by atoms with van der Waals surface area (Å²) in [4.78, 5) is 0. The number of hydrogen-bond donors (Lipinski definition) is 0. The molecule has 58 heavy (non-hydrogen) atoms. The van der Waals surface area contributed by atoms with Gasteiger partial charge in [-0.05, 0) is 53.8 Å². The van der Waals surface area contributed by atoms with Gasteiger partial charge in [0.2, 0.25) is 0 Å². The van der Waals surface area contributed by atoms with Crippen molar-refractivity contribution in [3.8, 4) is 0 Å². The van der Waals surface area contributed by atoms with Gasteiger partial charge in [-0.25, -0.2) is 0 Å². The van der Waals surface area contributed by atoms with Crippen LogP contribution in [0.4, 0.5) is 0 Å². The fraction of sp³-hybridized carbons (Fsp3) is 1.00. The second-order valence-electron chi connectivity index (χ2n) is 22.0. The number of unbranched alkanes of at least 4 members (excludes halogenated alkanes) is 20. The van der Waals surface area contributed by atoms with Gasteiger partial charge in [-0.2, -0.15) is 0 Å². The van der Waals surface area contributed by atoms with E-state index >= 15 is 0 Å². The standard InChI is InChI=1S/C26H54.C12H26.C8H18.C7H16.C5H12/c1-8-10-12-14-16-19-24(20-17-15-13-11-9-2)23-26(6,7)22-18-21-25(3,4)5;1-5-6-7-8-9-10-11-12(2,3)4;1-3-5-7-8-6-4-2;1-4-7(5-2)6-3;1-3-5-4-2/h24H,8-23H2,1-7H3;5-11H2,1-4H3;3-8H2,1-2H3;7H,4-6H2,1-3H3;3-5H2,1-2H3. The van der Waals surface area contributed by atoms with Crippen LogP contribution in [0.2, 0.25) is 0 Å². The molecular formula is C58H126. The van der Waals surface area contributed by atoms with Crippen LogP contribution in [-0.4, -0.2) is 0 Å². The maximum atomic E-state index is 2.54. The summed E-state index contributed by atoms with van der Waals surface area (Å²) in [6.45, 7) is 41.9. The van der Waals surface area contributed by atoms with Crippen LogP contribution >= 0.6 is 0 Å². The average molecular weight is 824 g/mol. The van der Waals surface area contributed by atoms with E-state index in [0.29, 0.717) is 16.2 Å². The van der Waals surface area contributed by atoms with Gasteiger partial charge in [0.25, 0.3) is 0 Å². The van der Waals surface area contributed by atoms with Gasteiger partial charge in [0.1, 0.15) is 0 Å². The summed E-state index contributed by atoms with van der Waals surface area (Å²) >= 11 is 0. The fourth-order valence-corrected chi connectivity index (χ4v) is 7.91. The van der Waals surface area contributed by atoms with E-state index < -0.39 is 0 Å². The summed E-state index contributed by atoms with van der Waals surface area (Å²) < 4.78 is 0. The van der Waals surface area contributed by atoms with Crippen molar-refractivity contribution in [2.24, 2.45) is 28.1 Å². The van der Waals surface area contributed by atoms with E-state index in [0.717, 1.165) is 11.8 Å². The molecule has 0 spiro atoms. The fourth-order valence-electron chi connectivity index (χ4n) is 7.91. The molecule has 0 aliphatic rings. The van der Waals surface area contributed by atoms with Crippen molar-refractivity contribution < 1.29 is 0 Å². The first-order valence-electron chi connectivity index (χ1n) is 27.4. The summed E-state index contributed by atoms with van der Waals surface area (Å²) in [7, 11) is 0. The third kappa shape index (κ3) is 70.6. The Morgan fingerprint density at radius 3 is 0.793 bits per heavy atom. The lowest BCUT2D eigenvalue weighted by Gasteiger charge is -2.31. The van der Waals surface area contributed by atoms with Gasteiger partial charge in [-0.1, -0.05) is 324 Å². The quantitative estimate of drug-likeness (QED) is 0.0579. The van der Waals surface area contributed by atoms with Crippen molar-refractivity contribution in [1.29, 1.82) is 0 Å². The molecule has 0 heterocycles. The Morgan fingerprint density at radius 2 is 0.534 bits per heavy atom. The summed E-state index contributed by atoms with van der Waals surface area (Å²) in [6.07, 6.45) is 49.5. The topological polar surface area (TPSA) is 0 Å².